The number of amidine groups is 1. The molecule has 0 bridgehead atoms. The predicted octanol–water partition coefficient (Wildman–Crippen LogP) is 0.510. The van der Waals surface area contributed by atoms with Crippen molar-refractivity contribution in [3.05, 3.63) is 0 Å². The Bertz CT molecular complexity index is 271. The van der Waals surface area contributed by atoms with E-state index in [1.54, 1.807) is 4.90 Å². The standard InChI is InChI=1S/C9H14N2O2/c1-9(13)8(12)11-6-4-2-3-5-7(11)10-9/h13H,2-6H2,1H3/t9-/m1/s1. The van der Waals surface area contributed by atoms with Gasteiger partial charge in [0.1, 0.15) is 5.84 Å². The molecule has 0 radical (unpaired) electrons. The lowest BCUT2D eigenvalue weighted by molar-refractivity contribution is -0.141. The molecule has 0 aromatic heterocycles. The summed E-state index contributed by atoms with van der Waals surface area (Å²) in [6, 6.07) is 0. The normalized spacial score (nSPS) is 34.2. The van der Waals surface area contributed by atoms with Gasteiger partial charge in [-0.1, -0.05) is 6.42 Å². The molecule has 1 amide bonds. The van der Waals surface area contributed by atoms with Gasteiger partial charge in [-0.15, -0.1) is 0 Å². The summed E-state index contributed by atoms with van der Waals surface area (Å²) in [7, 11) is 0. The first-order chi connectivity index (χ1) is 6.11. The Labute approximate surface area is 77.3 Å². The van der Waals surface area contributed by atoms with E-state index in [1.807, 2.05) is 0 Å². The van der Waals surface area contributed by atoms with Crippen molar-refractivity contribution in [2.45, 2.75) is 38.3 Å². The van der Waals surface area contributed by atoms with Crippen LogP contribution in [-0.4, -0.2) is 34.0 Å². The Morgan fingerprint density at radius 2 is 2.23 bits per heavy atom. The molecule has 2 aliphatic heterocycles. The molecule has 1 atom stereocenters. The van der Waals surface area contributed by atoms with E-state index in [-0.39, 0.29) is 5.91 Å². The highest BCUT2D eigenvalue weighted by atomic mass is 16.3. The third kappa shape index (κ3) is 1.35. The van der Waals surface area contributed by atoms with Crippen molar-refractivity contribution in [2.24, 2.45) is 4.99 Å². The van der Waals surface area contributed by atoms with Crippen LogP contribution in [0.2, 0.25) is 0 Å². The zero-order valence-electron chi connectivity index (χ0n) is 7.79. The smallest absolute Gasteiger partial charge is 0.282 e. The van der Waals surface area contributed by atoms with Gasteiger partial charge < -0.3 is 5.11 Å². The largest absolute Gasteiger partial charge is 0.362 e. The molecule has 0 aromatic rings. The topological polar surface area (TPSA) is 52.9 Å². The van der Waals surface area contributed by atoms with Crippen LogP contribution in [0.25, 0.3) is 0 Å². The van der Waals surface area contributed by atoms with Gasteiger partial charge in [0.15, 0.2) is 0 Å². The van der Waals surface area contributed by atoms with Gasteiger partial charge >= 0.3 is 0 Å². The maximum Gasteiger partial charge on any atom is 0.282 e. The van der Waals surface area contributed by atoms with Crippen LogP contribution < -0.4 is 0 Å². The van der Waals surface area contributed by atoms with Gasteiger partial charge in [0.05, 0.1) is 0 Å². The number of fused-ring (bicyclic) bond motifs is 1. The van der Waals surface area contributed by atoms with Gasteiger partial charge in [-0.2, -0.15) is 0 Å². The predicted molar refractivity (Wildman–Crippen MR) is 48.2 cm³/mol. The molecule has 1 N–H and O–H groups in total. The quantitative estimate of drug-likeness (QED) is 0.593. The number of aliphatic hydroxyl groups is 1. The highest BCUT2D eigenvalue weighted by Crippen LogP contribution is 2.25. The lowest BCUT2D eigenvalue weighted by Crippen LogP contribution is -2.40. The second-order valence-electron chi connectivity index (χ2n) is 3.82. The lowest BCUT2D eigenvalue weighted by atomic mass is 10.2. The SMILES string of the molecule is C[C@]1(O)N=C2CCCCCN2C1=O. The first-order valence-electron chi connectivity index (χ1n) is 4.74. The summed E-state index contributed by atoms with van der Waals surface area (Å²) in [5, 5.41) is 9.61. The minimum absolute atomic E-state index is 0.260. The number of hydrogen-bond acceptors (Lipinski definition) is 3. The summed E-state index contributed by atoms with van der Waals surface area (Å²) in [4.78, 5) is 17.2. The van der Waals surface area contributed by atoms with Crippen LogP contribution >= 0.6 is 0 Å². The Kier molecular flexibility index (Phi) is 1.87. The highest BCUT2D eigenvalue weighted by molar-refractivity contribution is 6.07. The summed E-state index contributed by atoms with van der Waals surface area (Å²) in [6.45, 7) is 2.17. The fraction of sp³-hybridized carbons (Fsp3) is 0.778. The lowest BCUT2D eigenvalue weighted by Gasteiger charge is -2.17. The summed E-state index contributed by atoms with van der Waals surface area (Å²) >= 11 is 0. The second kappa shape index (κ2) is 2.80. The van der Waals surface area contributed by atoms with Crippen LogP contribution in [-0.2, 0) is 4.79 Å². The van der Waals surface area contributed by atoms with Crippen LogP contribution in [0.3, 0.4) is 0 Å². The molecule has 0 aliphatic carbocycles. The van der Waals surface area contributed by atoms with Gasteiger partial charge in [0.2, 0.25) is 5.72 Å². The van der Waals surface area contributed by atoms with Crippen molar-refractivity contribution in [1.29, 1.82) is 0 Å². The Hall–Kier alpha value is -0.900. The molecule has 72 valence electrons. The molecule has 1 saturated heterocycles. The average Bonchev–Trinajstić information content (AvgIpc) is 2.29. The molecule has 4 nitrogen and oxygen atoms in total. The van der Waals surface area contributed by atoms with Crippen LogP contribution in [0.5, 0.6) is 0 Å². The molecule has 2 rings (SSSR count). The van der Waals surface area contributed by atoms with Crippen molar-refractivity contribution in [2.75, 3.05) is 6.54 Å². The maximum atomic E-state index is 11.6. The third-order valence-electron chi connectivity index (χ3n) is 2.59. The summed E-state index contributed by atoms with van der Waals surface area (Å²) in [5.74, 6) is 0.511. The monoisotopic (exact) mass is 182 g/mol. The fourth-order valence-corrected chi connectivity index (χ4v) is 1.88. The molecule has 13 heavy (non-hydrogen) atoms. The van der Waals surface area contributed by atoms with E-state index in [1.165, 1.54) is 6.92 Å². The Balaban J connectivity index is 2.27. The van der Waals surface area contributed by atoms with E-state index in [2.05, 4.69) is 4.99 Å². The molecule has 4 heteroatoms. The zero-order chi connectivity index (χ0) is 9.47. The minimum Gasteiger partial charge on any atom is -0.362 e. The minimum atomic E-state index is -1.49. The van der Waals surface area contributed by atoms with E-state index < -0.39 is 5.72 Å². The number of amides is 1. The van der Waals surface area contributed by atoms with Crippen molar-refractivity contribution < 1.29 is 9.90 Å². The zero-order valence-corrected chi connectivity index (χ0v) is 7.79. The fourth-order valence-electron chi connectivity index (χ4n) is 1.88. The van der Waals surface area contributed by atoms with Gasteiger partial charge in [-0.25, -0.2) is 4.99 Å². The molecule has 0 spiro atoms. The van der Waals surface area contributed by atoms with E-state index in [0.717, 1.165) is 31.5 Å². The van der Waals surface area contributed by atoms with Gasteiger partial charge in [-0.05, 0) is 19.8 Å². The molecule has 0 aromatic carbocycles. The Morgan fingerprint density at radius 1 is 1.46 bits per heavy atom. The highest BCUT2D eigenvalue weighted by Gasteiger charge is 2.42. The van der Waals surface area contributed by atoms with Gasteiger partial charge in [0, 0.05) is 13.0 Å². The molecule has 1 fully saturated rings. The van der Waals surface area contributed by atoms with Crippen LogP contribution in [0, 0.1) is 0 Å². The molecule has 2 aliphatic rings. The summed E-state index contributed by atoms with van der Waals surface area (Å²) < 4.78 is 0. The molecular formula is C9H14N2O2. The van der Waals surface area contributed by atoms with Crippen LogP contribution in [0.15, 0.2) is 4.99 Å². The van der Waals surface area contributed by atoms with Gasteiger partial charge in [-0.3, -0.25) is 9.69 Å². The molecule has 0 unspecified atom stereocenters. The first-order valence-corrected chi connectivity index (χ1v) is 4.74. The van der Waals surface area contributed by atoms with Crippen molar-refractivity contribution >= 4 is 11.7 Å². The number of carbonyl (C=O) groups excluding carboxylic acids is 1. The van der Waals surface area contributed by atoms with E-state index in [4.69, 9.17) is 0 Å². The number of aliphatic imine (C=N–C) groups is 1. The van der Waals surface area contributed by atoms with Crippen LogP contribution in [0.4, 0.5) is 0 Å². The van der Waals surface area contributed by atoms with Crippen molar-refractivity contribution in [3.63, 3.8) is 0 Å². The molecule has 2 heterocycles. The summed E-state index contributed by atoms with van der Waals surface area (Å²) in [6.07, 6.45) is 4.05. The molecule has 0 saturated carbocycles. The number of hydrogen-bond donors (Lipinski definition) is 1. The average molecular weight is 182 g/mol. The van der Waals surface area contributed by atoms with Crippen molar-refractivity contribution in [3.8, 4) is 0 Å². The van der Waals surface area contributed by atoms with E-state index in [0.29, 0.717) is 6.54 Å². The van der Waals surface area contributed by atoms with E-state index >= 15 is 0 Å². The first kappa shape index (κ1) is 8.69. The third-order valence-corrected chi connectivity index (χ3v) is 2.59. The number of nitrogens with zero attached hydrogens (tertiary/aromatic N) is 2. The Morgan fingerprint density at radius 3 is 3.00 bits per heavy atom. The number of rotatable bonds is 0. The second-order valence-corrected chi connectivity index (χ2v) is 3.82. The van der Waals surface area contributed by atoms with Crippen molar-refractivity contribution in [1.82, 2.24) is 4.90 Å². The maximum absolute atomic E-state index is 11.6. The van der Waals surface area contributed by atoms with Crippen LogP contribution in [0.1, 0.15) is 32.6 Å². The summed E-state index contributed by atoms with van der Waals surface area (Å²) in [5.41, 5.74) is -1.49. The van der Waals surface area contributed by atoms with E-state index in [9.17, 15) is 9.90 Å². The molecular weight excluding hydrogens is 168 g/mol. The van der Waals surface area contributed by atoms with Gasteiger partial charge in [0.25, 0.3) is 5.91 Å². The number of carbonyl (C=O) groups is 1.